The number of hydrogen-bond donors (Lipinski definition) is 2. The number of ether oxygens (including phenoxy) is 1. The van der Waals surface area contributed by atoms with Crippen LogP contribution >= 0.6 is 0 Å². The summed E-state index contributed by atoms with van der Waals surface area (Å²) in [7, 11) is 0. The summed E-state index contributed by atoms with van der Waals surface area (Å²) in [6, 6.07) is 2.04. The zero-order chi connectivity index (χ0) is 13.1. The Labute approximate surface area is 108 Å². The van der Waals surface area contributed by atoms with Crippen LogP contribution in [0.15, 0.2) is 6.07 Å². The van der Waals surface area contributed by atoms with Crippen molar-refractivity contribution in [1.29, 1.82) is 0 Å². The molecule has 1 aromatic heterocycles. The van der Waals surface area contributed by atoms with Crippen LogP contribution in [0, 0.1) is 12.8 Å². The summed E-state index contributed by atoms with van der Waals surface area (Å²) < 4.78 is 5.58. The standard InChI is InChI=1S/C13H22N4O/c1-8(2)18-12-6-9(3)16-13(17-12)15-7-11(14)10-4-5-10/h6,8,10-11H,4-5,7,14H2,1-3H3,(H,15,16,17). The lowest BCUT2D eigenvalue weighted by Gasteiger charge is -2.14. The van der Waals surface area contributed by atoms with Crippen molar-refractivity contribution in [2.24, 2.45) is 11.7 Å². The molecule has 1 unspecified atom stereocenters. The maximum Gasteiger partial charge on any atom is 0.226 e. The minimum Gasteiger partial charge on any atom is -0.475 e. The molecule has 0 bridgehead atoms. The number of aromatic nitrogens is 2. The molecule has 1 atom stereocenters. The second-order valence-electron chi connectivity index (χ2n) is 5.22. The van der Waals surface area contributed by atoms with Gasteiger partial charge >= 0.3 is 0 Å². The van der Waals surface area contributed by atoms with Gasteiger partial charge in [-0.2, -0.15) is 4.98 Å². The van der Waals surface area contributed by atoms with Crippen LogP contribution in [0.4, 0.5) is 5.95 Å². The van der Waals surface area contributed by atoms with Crippen molar-refractivity contribution in [2.75, 3.05) is 11.9 Å². The van der Waals surface area contributed by atoms with Gasteiger partial charge in [-0.3, -0.25) is 0 Å². The van der Waals surface area contributed by atoms with E-state index in [1.807, 2.05) is 26.8 Å². The molecule has 3 N–H and O–H groups in total. The van der Waals surface area contributed by atoms with Gasteiger partial charge in [-0.25, -0.2) is 4.98 Å². The summed E-state index contributed by atoms with van der Waals surface area (Å²) in [6.45, 7) is 6.61. The van der Waals surface area contributed by atoms with Crippen LogP contribution in [-0.2, 0) is 0 Å². The van der Waals surface area contributed by atoms with Crippen LogP contribution in [0.3, 0.4) is 0 Å². The summed E-state index contributed by atoms with van der Waals surface area (Å²) in [5.74, 6) is 1.88. The molecule has 0 aliphatic heterocycles. The molecule has 2 rings (SSSR count). The maximum absolute atomic E-state index is 6.03. The fourth-order valence-electron chi connectivity index (χ4n) is 1.82. The minimum absolute atomic E-state index is 0.112. The molecule has 1 aliphatic carbocycles. The van der Waals surface area contributed by atoms with Crippen molar-refractivity contribution >= 4 is 5.95 Å². The van der Waals surface area contributed by atoms with E-state index < -0.39 is 0 Å². The Morgan fingerprint density at radius 1 is 1.44 bits per heavy atom. The second-order valence-corrected chi connectivity index (χ2v) is 5.22. The molecular weight excluding hydrogens is 228 g/mol. The highest BCUT2D eigenvalue weighted by atomic mass is 16.5. The highest BCUT2D eigenvalue weighted by molar-refractivity contribution is 5.31. The van der Waals surface area contributed by atoms with Gasteiger partial charge in [0.25, 0.3) is 0 Å². The molecular formula is C13H22N4O. The lowest BCUT2D eigenvalue weighted by molar-refractivity contribution is 0.232. The quantitative estimate of drug-likeness (QED) is 0.804. The molecule has 5 nitrogen and oxygen atoms in total. The van der Waals surface area contributed by atoms with Crippen LogP contribution in [0.25, 0.3) is 0 Å². The van der Waals surface area contributed by atoms with E-state index in [2.05, 4.69) is 15.3 Å². The normalized spacial score (nSPS) is 16.7. The molecule has 0 amide bonds. The Balaban J connectivity index is 1.95. The van der Waals surface area contributed by atoms with E-state index in [1.54, 1.807) is 0 Å². The van der Waals surface area contributed by atoms with E-state index in [0.717, 1.165) is 12.2 Å². The van der Waals surface area contributed by atoms with E-state index in [4.69, 9.17) is 10.5 Å². The number of nitrogens with one attached hydrogen (secondary N) is 1. The molecule has 0 spiro atoms. The van der Waals surface area contributed by atoms with Crippen LogP contribution < -0.4 is 15.8 Å². The largest absolute Gasteiger partial charge is 0.475 e. The van der Waals surface area contributed by atoms with Crippen molar-refractivity contribution in [3.8, 4) is 5.88 Å². The molecule has 100 valence electrons. The summed E-state index contributed by atoms with van der Waals surface area (Å²) in [4.78, 5) is 8.66. The Hall–Kier alpha value is -1.36. The number of rotatable bonds is 6. The summed E-state index contributed by atoms with van der Waals surface area (Å²) in [5, 5.41) is 3.19. The molecule has 0 saturated heterocycles. The first kappa shape index (κ1) is 13.1. The van der Waals surface area contributed by atoms with Crippen LogP contribution in [0.1, 0.15) is 32.4 Å². The van der Waals surface area contributed by atoms with E-state index in [1.165, 1.54) is 12.8 Å². The van der Waals surface area contributed by atoms with Gasteiger partial charge in [-0.05, 0) is 39.5 Å². The average Bonchev–Trinajstić information content (AvgIpc) is 3.07. The molecule has 0 radical (unpaired) electrons. The topological polar surface area (TPSA) is 73.1 Å². The van der Waals surface area contributed by atoms with Gasteiger partial charge in [-0.1, -0.05) is 0 Å². The fourth-order valence-corrected chi connectivity index (χ4v) is 1.82. The van der Waals surface area contributed by atoms with E-state index >= 15 is 0 Å². The molecule has 0 aromatic carbocycles. The number of nitrogens with zero attached hydrogens (tertiary/aromatic N) is 2. The Kier molecular flexibility index (Phi) is 4.01. The van der Waals surface area contributed by atoms with Crippen molar-refractivity contribution in [3.63, 3.8) is 0 Å². The van der Waals surface area contributed by atoms with Gasteiger partial charge in [0.05, 0.1) is 6.10 Å². The van der Waals surface area contributed by atoms with E-state index in [-0.39, 0.29) is 12.1 Å². The summed E-state index contributed by atoms with van der Waals surface area (Å²) >= 11 is 0. The first-order valence-corrected chi connectivity index (χ1v) is 6.56. The molecule has 1 heterocycles. The average molecular weight is 250 g/mol. The zero-order valence-corrected chi connectivity index (χ0v) is 11.3. The highest BCUT2D eigenvalue weighted by Gasteiger charge is 2.28. The van der Waals surface area contributed by atoms with Gasteiger partial charge in [0, 0.05) is 24.3 Å². The van der Waals surface area contributed by atoms with Gasteiger partial charge in [0.1, 0.15) is 0 Å². The van der Waals surface area contributed by atoms with Gasteiger partial charge < -0.3 is 15.8 Å². The van der Waals surface area contributed by atoms with Crippen LogP contribution in [0.2, 0.25) is 0 Å². The summed E-state index contributed by atoms with van der Waals surface area (Å²) in [6.07, 6.45) is 2.61. The number of aryl methyl sites for hydroxylation is 1. The maximum atomic E-state index is 6.03. The van der Waals surface area contributed by atoms with Gasteiger partial charge in [-0.15, -0.1) is 0 Å². The third kappa shape index (κ3) is 3.84. The predicted octanol–water partition coefficient (Wildman–Crippen LogP) is 1.72. The first-order valence-electron chi connectivity index (χ1n) is 6.56. The van der Waals surface area contributed by atoms with E-state index in [0.29, 0.717) is 17.7 Å². The Morgan fingerprint density at radius 2 is 2.17 bits per heavy atom. The third-order valence-corrected chi connectivity index (χ3v) is 2.91. The molecule has 1 aromatic rings. The first-order chi connectivity index (χ1) is 8.54. The second kappa shape index (κ2) is 5.52. The SMILES string of the molecule is Cc1cc(OC(C)C)nc(NCC(N)C2CC2)n1. The van der Waals surface area contributed by atoms with Crippen molar-refractivity contribution in [3.05, 3.63) is 11.8 Å². The molecule has 1 saturated carbocycles. The lowest BCUT2D eigenvalue weighted by atomic mass is 10.2. The minimum atomic E-state index is 0.112. The molecule has 18 heavy (non-hydrogen) atoms. The smallest absolute Gasteiger partial charge is 0.226 e. The molecule has 1 fully saturated rings. The molecule has 1 aliphatic rings. The Bertz CT molecular complexity index is 404. The highest BCUT2D eigenvalue weighted by Crippen LogP contribution is 2.31. The predicted molar refractivity (Wildman–Crippen MR) is 71.7 cm³/mol. The van der Waals surface area contributed by atoms with Crippen molar-refractivity contribution < 1.29 is 4.74 Å². The van der Waals surface area contributed by atoms with Crippen molar-refractivity contribution in [1.82, 2.24) is 9.97 Å². The zero-order valence-electron chi connectivity index (χ0n) is 11.3. The third-order valence-electron chi connectivity index (χ3n) is 2.91. The number of nitrogens with two attached hydrogens (primary N) is 1. The molecule has 5 heteroatoms. The van der Waals surface area contributed by atoms with Crippen molar-refractivity contribution in [2.45, 2.75) is 45.8 Å². The van der Waals surface area contributed by atoms with Crippen LogP contribution in [-0.4, -0.2) is 28.7 Å². The lowest BCUT2D eigenvalue weighted by Crippen LogP contribution is -2.31. The Morgan fingerprint density at radius 3 is 2.78 bits per heavy atom. The monoisotopic (exact) mass is 250 g/mol. The van der Waals surface area contributed by atoms with E-state index in [9.17, 15) is 0 Å². The fraction of sp³-hybridized carbons (Fsp3) is 0.692. The van der Waals surface area contributed by atoms with Gasteiger partial charge in [0.2, 0.25) is 11.8 Å². The number of hydrogen-bond acceptors (Lipinski definition) is 5. The van der Waals surface area contributed by atoms with Gasteiger partial charge in [0.15, 0.2) is 0 Å². The summed E-state index contributed by atoms with van der Waals surface area (Å²) in [5.41, 5.74) is 6.93. The van der Waals surface area contributed by atoms with Crippen LogP contribution in [0.5, 0.6) is 5.88 Å². The number of anilines is 1.